The molecule has 7 nitrogen and oxygen atoms in total. The van der Waals surface area contributed by atoms with Gasteiger partial charge in [-0.3, -0.25) is 14.9 Å². The van der Waals surface area contributed by atoms with Crippen molar-refractivity contribution in [2.24, 2.45) is 0 Å². The molecule has 1 unspecified atom stereocenters. The molecule has 0 bridgehead atoms. The molecular weight excluding hydrogens is 288 g/mol. The summed E-state index contributed by atoms with van der Waals surface area (Å²) in [7, 11) is 1.52. The third-order valence-corrected chi connectivity index (χ3v) is 2.72. The second kappa shape index (κ2) is 7.66. The average Bonchev–Trinajstić information content (AvgIpc) is 2.41. The second-order valence-electron chi connectivity index (χ2n) is 3.92. The first-order valence-electron chi connectivity index (χ1n) is 5.83. The van der Waals surface area contributed by atoms with Crippen molar-refractivity contribution >= 4 is 23.2 Å². The van der Waals surface area contributed by atoms with Gasteiger partial charge >= 0.3 is 0 Å². The summed E-state index contributed by atoms with van der Waals surface area (Å²) in [5, 5.41) is 13.5. The molecule has 0 saturated carbocycles. The summed E-state index contributed by atoms with van der Waals surface area (Å²) in [6.07, 6.45) is -0.827. The molecule has 0 saturated heterocycles. The summed E-state index contributed by atoms with van der Waals surface area (Å²) in [4.78, 5) is 21.8. The Morgan fingerprint density at radius 3 is 2.85 bits per heavy atom. The predicted octanol–water partition coefficient (Wildman–Crippen LogP) is 1.78. The topological polar surface area (TPSA) is 90.7 Å². The standard InChI is InChI=1S/C12H15ClN2O5/c1-8(12(16)14-5-6-19-2)20-11-7-9(15(17)18)3-4-10(11)13/h3-4,7-8H,5-6H2,1-2H3,(H,14,16). The highest BCUT2D eigenvalue weighted by atomic mass is 35.5. The number of hydrogen-bond donors (Lipinski definition) is 1. The highest BCUT2D eigenvalue weighted by Crippen LogP contribution is 2.29. The zero-order chi connectivity index (χ0) is 15.1. The molecule has 1 rings (SSSR count). The van der Waals surface area contributed by atoms with Crippen LogP contribution < -0.4 is 10.1 Å². The molecule has 1 amide bonds. The highest BCUT2D eigenvalue weighted by molar-refractivity contribution is 6.32. The van der Waals surface area contributed by atoms with Gasteiger partial charge < -0.3 is 14.8 Å². The third kappa shape index (κ3) is 4.67. The van der Waals surface area contributed by atoms with Gasteiger partial charge in [-0.1, -0.05) is 11.6 Å². The van der Waals surface area contributed by atoms with Crippen LogP contribution in [0.15, 0.2) is 18.2 Å². The zero-order valence-corrected chi connectivity index (χ0v) is 11.8. The molecule has 8 heteroatoms. The molecule has 110 valence electrons. The lowest BCUT2D eigenvalue weighted by Gasteiger charge is -2.15. The van der Waals surface area contributed by atoms with Crippen LogP contribution in [0, 0.1) is 10.1 Å². The minimum Gasteiger partial charge on any atom is -0.479 e. The number of benzene rings is 1. The minimum absolute atomic E-state index is 0.0928. The number of nitrogens with zero attached hydrogens (tertiary/aromatic N) is 1. The van der Waals surface area contributed by atoms with E-state index in [1.807, 2.05) is 0 Å². The molecule has 1 N–H and O–H groups in total. The Bertz CT molecular complexity index is 495. The number of methoxy groups -OCH3 is 1. The van der Waals surface area contributed by atoms with E-state index in [2.05, 4.69) is 5.32 Å². The number of non-ortho nitro benzene ring substituents is 1. The summed E-state index contributed by atoms with van der Waals surface area (Å²) in [5.74, 6) is -0.264. The molecule has 0 aliphatic rings. The van der Waals surface area contributed by atoms with Crippen LogP contribution in [-0.2, 0) is 9.53 Å². The SMILES string of the molecule is COCCNC(=O)C(C)Oc1cc([N+](=O)[O-])ccc1Cl. The fourth-order valence-electron chi connectivity index (χ4n) is 1.36. The molecule has 0 aliphatic carbocycles. The number of carbonyl (C=O) groups is 1. The maximum Gasteiger partial charge on any atom is 0.273 e. The summed E-state index contributed by atoms with van der Waals surface area (Å²) >= 11 is 5.88. The first kappa shape index (κ1) is 16.2. The fraction of sp³-hybridized carbons (Fsp3) is 0.417. The Hall–Kier alpha value is -1.86. The summed E-state index contributed by atoms with van der Waals surface area (Å²) in [6.45, 7) is 2.26. The Kier molecular flexibility index (Phi) is 6.20. The number of hydrogen-bond acceptors (Lipinski definition) is 5. The molecule has 1 atom stereocenters. The third-order valence-electron chi connectivity index (χ3n) is 2.40. The zero-order valence-electron chi connectivity index (χ0n) is 11.1. The summed E-state index contributed by atoms with van der Waals surface area (Å²) in [6, 6.07) is 3.80. The van der Waals surface area contributed by atoms with Gasteiger partial charge in [0.1, 0.15) is 5.75 Å². The molecule has 0 aromatic heterocycles. The average molecular weight is 303 g/mol. The van der Waals surface area contributed by atoms with E-state index >= 15 is 0 Å². The monoisotopic (exact) mass is 302 g/mol. The minimum atomic E-state index is -0.827. The Morgan fingerprint density at radius 2 is 2.25 bits per heavy atom. The van der Waals surface area contributed by atoms with Crippen molar-refractivity contribution in [2.75, 3.05) is 20.3 Å². The van der Waals surface area contributed by atoms with E-state index < -0.39 is 11.0 Å². The molecular formula is C12H15ClN2O5. The molecule has 1 aromatic rings. The Morgan fingerprint density at radius 1 is 1.55 bits per heavy atom. The number of nitro groups is 1. The van der Waals surface area contributed by atoms with Crippen molar-refractivity contribution in [1.82, 2.24) is 5.32 Å². The van der Waals surface area contributed by atoms with E-state index in [1.165, 1.54) is 32.2 Å². The van der Waals surface area contributed by atoms with Crippen LogP contribution in [0.25, 0.3) is 0 Å². The van der Waals surface area contributed by atoms with Gasteiger partial charge in [0.15, 0.2) is 6.10 Å². The first-order valence-corrected chi connectivity index (χ1v) is 6.20. The number of rotatable bonds is 7. The number of nitro benzene ring substituents is 1. The van der Waals surface area contributed by atoms with Crippen LogP contribution in [0.1, 0.15) is 6.92 Å². The lowest BCUT2D eigenvalue weighted by molar-refractivity contribution is -0.384. The number of ether oxygens (including phenoxy) is 2. The number of nitrogens with one attached hydrogen (secondary N) is 1. The maximum atomic E-state index is 11.7. The van der Waals surface area contributed by atoms with Gasteiger partial charge in [0.05, 0.1) is 22.6 Å². The van der Waals surface area contributed by atoms with Crippen molar-refractivity contribution in [3.05, 3.63) is 33.3 Å². The quantitative estimate of drug-likeness (QED) is 0.471. The van der Waals surface area contributed by atoms with Gasteiger partial charge in [0, 0.05) is 19.7 Å². The Balaban J connectivity index is 2.69. The van der Waals surface area contributed by atoms with Gasteiger partial charge in [0.25, 0.3) is 11.6 Å². The van der Waals surface area contributed by atoms with Gasteiger partial charge in [-0.05, 0) is 13.0 Å². The number of amides is 1. The van der Waals surface area contributed by atoms with Crippen LogP contribution >= 0.6 is 11.6 Å². The van der Waals surface area contributed by atoms with Gasteiger partial charge in [-0.15, -0.1) is 0 Å². The molecule has 0 aliphatic heterocycles. The van der Waals surface area contributed by atoms with Crippen molar-refractivity contribution in [3.63, 3.8) is 0 Å². The maximum absolute atomic E-state index is 11.7. The van der Waals surface area contributed by atoms with E-state index in [-0.39, 0.29) is 22.4 Å². The van der Waals surface area contributed by atoms with Crippen molar-refractivity contribution in [1.29, 1.82) is 0 Å². The van der Waals surface area contributed by atoms with Crippen molar-refractivity contribution in [3.8, 4) is 5.75 Å². The van der Waals surface area contributed by atoms with E-state index in [4.69, 9.17) is 21.1 Å². The van der Waals surface area contributed by atoms with Gasteiger partial charge in [-0.2, -0.15) is 0 Å². The summed E-state index contributed by atoms with van der Waals surface area (Å²) < 4.78 is 10.1. The molecule has 0 heterocycles. The first-order chi connectivity index (χ1) is 9.45. The fourth-order valence-corrected chi connectivity index (χ4v) is 1.52. The molecule has 0 radical (unpaired) electrons. The van der Waals surface area contributed by atoms with Crippen LogP contribution in [0.3, 0.4) is 0 Å². The molecule has 0 spiro atoms. The van der Waals surface area contributed by atoms with E-state index in [1.54, 1.807) is 0 Å². The molecule has 1 aromatic carbocycles. The molecule has 0 fully saturated rings. The van der Waals surface area contributed by atoms with Crippen LogP contribution in [0.4, 0.5) is 5.69 Å². The normalized spacial score (nSPS) is 11.8. The second-order valence-corrected chi connectivity index (χ2v) is 4.32. The van der Waals surface area contributed by atoms with Crippen molar-refractivity contribution in [2.45, 2.75) is 13.0 Å². The number of halogens is 1. The lowest BCUT2D eigenvalue weighted by Crippen LogP contribution is -2.37. The van der Waals surface area contributed by atoms with Gasteiger partial charge in [-0.25, -0.2) is 0 Å². The highest BCUT2D eigenvalue weighted by Gasteiger charge is 2.18. The van der Waals surface area contributed by atoms with E-state index in [9.17, 15) is 14.9 Å². The Labute approximate surface area is 121 Å². The summed E-state index contributed by atoms with van der Waals surface area (Å²) in [5.41, 5.74) is -0.156. The number of carbonyl (C=O) groups excluding carboxylic acids is 1. The largest absolute Gasteiger partial charge is 0.479 e. The van der Waals surface area contributed by atoms with E-state index in [0.717, 1.165) is 0 Å². The van der Waals surface area contributed by atoms with Crippen LogP contribution in [0.2, 0.25) is 5.02 Å². The smallest absolute Gasteiger partial charge is 0.273 e. The van der Waals surface area contributed by atoms with E-state index in [0.29, 0.717) is 13.2 Å². The van der Waals surface area contributed by atoms with Gasteiger partial charge in [0.2, 0.25) is 0 Å². The van der Waals surface area contributed by atoms with Crippen molar-refractivity contribution < 1.29 is 19.2 Å². The van der Waals surface area contributed by atoms with Crippen LogP contribution in [-0.4, -0.2) is 37.2 Å². The predicted molar refractivity (Wildman–Crippen MR) is 73.1 cm³/mol. The molecule has 20 heavy (non-hydrogen) atoms. The van der Waals surface area contributed by atoms with Crippen LogP contribution in [0.5, 0.6) is 5.75 Å². The lowest BCUT2D eigenvalue weighted by atomic mass is 10.3.